The molecule has 0 aliphatic rings. The number of hydrogen-bond donors (Lipinski definition) is 1. The summed E-state index contributed by atoms with van der Waals surface area (Å²) in [5.41, 5.74) is 0.450. The van der Waals surface area contributed by atoms with Crippen LogP contribution in [-0.4, -0.2) is 63.7 Å². The summed E-state index contributed by atoms with van der Waals surface area (Å²) in [4.78, 5) is 28.4. The number of nitrogens with one attached hydrogen (secondary N) is 1. The largest absolute Gasteiger partial charge is 0.497 e. The molecule has 2 aromatic rings. The molecule has 37 heavy (non-hydrogen) atoms. The Morgan fingerprint density at radius 1 is 1.05 bits per heavy atom. The molecule has 2 rings (SSSR count). The molecule has 0 radical (unpaired) electrons. The van der Waals surface area contributed by atoms with Crippen LogP contribution in [0.1, 0.15) is 39.7 Å². The first-order chi connectivity index (χ1) is 17.2. The molecule has 0 fully saturated rings. The Hall–Kier alpha value is -2.98. The van der Waals surface area contributed by atoms with Crippen molar-refractivity contribution in [1.82, 2.24) is 10.2 Å². The van der Waals surface area contributed by atoms with Gasteiger partial charge in [-0.3, -0.25) is 13.9 Å². The highest BCUT2D eigenvalue weighted by Crippen LogP contribution is 2.30. The van der Waals surface area contributed by atoms with E-state index in [4.69, 9.17) is 21.1 Å². The molecule has 9 nitrogen and oxygen atoms in total. The van der Waals surface area contributed by atoms with Crippen molar-refractivity contribution in [3.8, 4) is 11.5 Å². The maximum absolute atomic E-state index is 13.7. The fraction of sp³-hybridized carbons (Fsp3) is 0.462. The molecular weight excluding hydrogens is 518 g/mol. The lowest BCUT2D eigenvalue weighted by Crippen LogP contribution is -2.55. The summed E-state index contributed by atoms with van der Waals surface area (Å²) in [5.74, 6) is 0.161. The predicted molar refractivity (Wildman–Crippen MR) is 146 cm³/mol. The van der Waals surface area contributed by atoms with Gasteiger partial charge in [-0.05, 0) is 63.1 Å². The summed E-state index contributed by atoms with van der Waals surface area (Å²) >= 11 is 6.23. The third kappa shape index (κ3) is 8.53. The predicted octanol–water partition coefficient (Wildman–Crippen LogP) is 3.85. The number of methoxy groups -OCH3 is 2. The lowest BCUT2D eigenvalue weighted by atomic mass is 10.1. The number of nitrogens with zero attached hydrogens (tertiary/aromatic N) is 2. The summed E-state index contributed by atoms with van der Waals surface area (Å²) in [6, 6.07) is 10.8. The van der Waals surface area contributed by atoms with Crippen molar-refractivity contribution in [2.45, 2.75) is 52.2 Å². The van der Waals surface area contributed by atoms with E-state index in [0.29, 0.717) is 17.9 Å². The first-order valence-electron chi connectivity index (χ1n) is 11.8. The van der Waals surface area contributed by atoms with Crippen molar-refractivity contribution in [2.75, 3.05) is 31.3 Å². The molecule has 0 aliphatic carbocycles. The van der Waals surface area contributed by atoms with E-state index in [9.17, 15) is 18.0 Å². The number of ether oxygens (including phenoxy) is 2. The molecule has 0 spiro atoms. The van der Waals surface area contributed by atoms with Crippen LogP contribution in [0.3, 0.4) is 0 Å². The second kappa shape index (κ2) is 12.5. The number of benzene rings is 2. The number of amides is 2. The van der Waals surface area contributed by atoms with Crippen molar-refractivity contribution < 1.29 is 27.5 Å². The number of hydrogen-bond acceptors (Lipinski definition) is 6. The first-order valence-corrected chi connectivity index (χ1v) is 14.0. The number of carbonyl (C=O) groups is 2. The molecule has 0 bridgehead atoms. The molecule has 11 heteroatoms. The van der Waals surface area contributed by atoms with Gasteiger partial charge in [0.05, 0.1) is 31.2 Å². The Bertz CT molecular complexity index is 1200. The highest BCUT2D eigenvalue weighted by atomic mass is 35.5. The van der Waals surface area contributed by atoms with Gasteiger partial charge in [0.15, 0.2) is 0 Å². The Labute approximate surface area is 224 Å². The van der Waals surface area contributed by atoms with Gasteiger partial charge in [0.2, 0.25) is 21.8 Å². The Kier molecular flexibility index (Phi) is 10.2. The van der Waals surface area contributed by atoms with Crippen LogP contribution in [0.2, 0.25) is 5.02 Å². The molecule has 204 valence electrons. The van der Waals surface area contributed by atoms with Crippen molar-refractivity contribution in [3.63, 3.8) is 0 Å². The van der Waals surface area contributed by atoms with Crippen molar-refractivity contribution in [1.29, 1.82) is 0 Å². The van der Waals surface area contributed by atoms with Crippen LogP contribution in [0, 0.1) is 0 Å². The Balaban J connectivity index is 2.48. The van der Waals surface area contributed by atoms with Crippen LogP contribution in [0.25, 0.3) is 0 Å². The van der Waals surface area contributed by atoms with Gasteiger partial charge in [-0.1, -0.05) is 30.7 Å². The number of carbonyl (C=O) groups excluding carboxylic acids is 2. The average Bonchev–Trinajstić information content (AvgIpc) is 2.80. The summed E-state index contributed by atoms with van der Waals surface area (Å²) in [5, 5.41) is 3.13. The summed E-state index contributed by atoms with van der Waals surface area (Å²) in [7, 11) is -0.874. The standard InChI is InChI=1S/C26H36ClN3O6S/c1-8-22(25(32)28-26(2,3)4)29(16-18-9-12-20(35-5)13-10-18)24(31)17-30(37(7,33)34)19-11-14-23(36-6)21(27)15-19/h9-15,22H,8,16-17H2,1-7H3,(H,28,32)/t22-/m1/s1. The number of sulfonamides is 1. The average molecular weight is 554 g/mol. The minimum atomic E-state index is -3.88. The third-order valence-electron chi connectivity index (χ3n) is 5.50. The third-order valence-corrected chi connectivity index (χ3v) is 6.93. The van der Waals surface area contributed by atoms with E-state index >= 15 is 0 Å². The van der Waals surface area contributed by atoms with Crippen LogP contribution >= 0.6 is 11.6 Å². The molecule has 2 amide bonds. The minimum Gasteiger partial charge on any atom is -0.497 e. The van der Waals surface area contributed by atoms with Gasteiger partial charge < -0.3 is 19.7 Å². The smallest absolute Gasteiger partial charge is 0.244 e. The van der Waals surface area contributed by atoms with E-state index in [-0.39, 0.29) is 23.2 Å². The van der Waals surface area contributed by atoms with Gasteiger partial charge >= 0.3 is 0 Å². The van der Waals surface area contributed by atoms with E-state index < -0.39 is 34.1 Å². The molecular formula is C26H36ClN3O6S. The molecule has 0 saturated heterocycles. The topological polar surface area (TPSA) is 105 Å². The van der Waals surface area contributed by atoms with Crippen LogP contribution in [0.15, 0.2) is 42.5 Å². The number of halogens is 1. The molecule has 0 saturated carbocycles. The van der Waals surface area contributed by atoms with Crippen LogP contribution in [0.4, 0.5) is 5.69 Å². The highest BCUT2D eigenvalue weighted by molar-refractivity contribution is 7.92. The van der Waals surface area contributed by atoms with Crippen LogP contribution < -0.4 is 19.1 Å². The van der Waals surface area contributed by atoms with Gasteiger partial charge in [-0.2, -0.15) is 0 Å². The molecule has 0 heterocycles. The second-order valence-corrected chi connectivity index (χ2v) is 11.9. The number of anilines is 1. The quantitative estimate of drug-likeness (QED) is 0.453. The van der Waals surface area contributed by atoms with Crippen LogP contribution in [0.5, 0.6) is 11.5 Å². The van der Waals surface area contributed by atoms with E-state index in [2.05, 4.69) is 5.32 Å². The zero-order chi connectivity index (χ0) is 28.0. The normalized spacial score (nSPS) is 12.4. The summed E-state index contributed by atoms with van der Waals surface area (Å²) < 4.78 is 36.8. The molecule has 0 aliphatic heterocycles. The maximum Gasteiger partial charge on any atom is 0.244 e. The fourth-order valence-corrected chi connectivity index (χ4v) is 4.82. The Morgan fingerprint density at radius 3 is 2.14 bits per heavy atom. The lowest BCUT2D eigenvalue weighted by molar-refractivity contribution is -0.141. The van der Waals surface area contributed by atoms with E-state index in [1.165, 1.54) is 30.2 Å². The first kappa shape index (κ1) is 30.2. The monoisotopic (exact) mass is 553 g/mol. The SMILES string of the molecule is CC[C@H](C(=O)NC(C)(C)C)N(Cc1ccc(OC)cc1)C(=O)CN(c1ccc(OC)c(Cl)c1)S(C)(=O)=O. The van der Waals surface area contributed by atoms with Gasteiger partial charge in [0, 0.05) is 12.1 Å². The van der Waals surface area contributed by atoms with Crippen molar-refractivity contribution in [2.24, 2.45) is 0 Å². The highest BCUT2D eigenvalue weighted by Gasteiger charge is 2.33. The lowest BCUT2D eigenvalue weighted by Gasteiger charge is -2.34. The van der Waals surface area contributed by atoms with Crippen molar-refractivity contribution in [3.05, 3.63) is 53.1 Å². The maximum atomic E-state index is 13.7. The molecule has 2 aromatic carbocycles. The van der Waals surface area contributed by atoms with Gasteiger partial charge in [0.25, 0.3) is 0 Å². The summed E-state index contributed by atoms with van der Waals surface area (Å²) in [6.45, 7) is 6.94. The van der Waals surface area contributed by atoms with Gasteiger partial charge in [-0.15, -0.1) is 0 Å². The van der Waals surface area contributed by atoms with Gasteiger partial charge in [0.1, 0.15) is 24.1 Å². The van der Waals surface area contributed by atoms with E-state index in [0.717, 1.165) is 16.1 Å². The van der Waals surface area contributed by atoms with E-state index in [1.807, 2.05) is 20.8 Å². The zero-order valence-corrected chi connectivity index (χ0v) is 23.9. The van der Waals surface area contributed by atoms with Gasteiger partial charge in [-0.25, -0.2) is 8.42 Å². The van der Waals surface area contributed by atoms with Crippen LogP contribution in [-0.2, 0) is 26.2 Å². The summed E-state index contributed by atoms with van der Waals surface area (Å²) in [6.07, 6.45) is 1.34. The molecule has 1 atom stereocenters. The second-order valence-electron chi connectivity index (χ2n) is 9.62. The molecule has 1 N–H and O–H groups in total. The fourth-order valence-electron chi connectivity index (χ4n) is 3.72. The van der Waals surface area contributed by atoms with Crippen molar-refractivity contribution >= 4 is 39.1 Å². The molecule has 0 aromatic heterocycles. The molecule has 0 unspecified atom stereocenters. The van der Waals surface area contributed by atoms with E-state index in [1.54, 1.807) is 38.3 Å². The minimum absolute atomic E-state index is 0.0971. The number of rotatable bonds is 11. The zero-order valence-electron chi connectivity index (χ0n) is 22.4. The Morgan fingerprint density at radius 2 is 1.68 bits per heavy atom.